The third-order valence-electron chi connectivity index (χ3n) is 4.73. The van der Waals surface area contributed by atoms with E-state index in [0.29, 0.717) is 29.9 Å². The highest BCUT2D eigenvalue weighted by atomic mass is 19.4. The van der Waals surface area contributed by atoms with Crippen molar-refractivity contribution >= 4 is 11.9 Å². The maximum Gasteiger partial charge on any atom is 0.425 e. The Morgan fingerprint density at radius 3 is 2.03 bits per heavy atom. The van der Waals surface area contributed by atoms with Crippen LogP contribution in [0, 0.1) is 11.6 Å². The third-order valence-corrected chi connectivity index (χ3v) is 4.73. The normalized spacial score (nSPS) is 12.1. The third kappa shape index (κ3) is 5.69. The zero-order chi connectivity index (χ0) is 25.0. The molecule has 0 fully saturated rings. The summed E-state index contributed by atoms with van der Waals surface area (Å²) in [5.74, 6) is -4.80. The van der Waals surface area contributed by atoms with E-state index >= 15 is 0 Å². The zero-order valence-electron chi connectivity index (χ0n) is 17.8. The van der Waals surface area contributed by atoms with Crippen molar-refractivity contribution in [2.24, 2.45) is 0 Å². The number of hydrogen-bond donors (Lipinski definition) is 0. The van der Waals surface area contributed by atoms with Gasteiger partial charge in [-0.2, -0.15) is 13.2 Å². The number of alkyl halides is 3. The summed E-state index contributed by atoms with van der Waals surface area (Å²) < 4.78 is 80.5. The minimum atomic E-state index is -4.78. The van der Waals surface area contributed by atoms with E-state index in [9.17, 15) is 31.5 Å². The summed E-state index contributed by atoms with van der Waals surface area (Å²) in [6, 6.07) is 12.8. The number of carbonyl (C=O) groups excluding carboxylic acids is 2. The first-order chi connectivity index (χ1) is 16.0. The van der Waals surface area contributed by atoms with Crippen LogP contribution in [0.25, 0.3) is 11.1 Å². The molecule has 0 aliphatic rings. The highest BCUT2D eigenvalue weighted by Gasteiger charge is 2.39. The summed E-state index contributed by atoms with van der Waals surface area (Å²) in [6.07, 6.45) is -7.18. The Morgan fingerprint density at radius 1 is 0.824 bits per heavy atom. The molecule has 3 aromatic rings. The fourth-order valence-electron chi connectivity index (χ4n) is 2.80. The van der Waals surface area contributed by atoms with Gasteiger partial charge in [0.25, 0.3) is 0 Å². The van der Waals surface area contributed by atoms with E-state index in [1.165, 1.54) is 19.2 Å². The lowest BCUT2D eigenvalue weighted by Gasteiger charge is -2.16. The van der Waals surface area contributed by atoms with Crippen LogP contribution in [0.2, 0.25) is 0 Å². The molecule has 5 nitrogen and oxygen atoms in total. The first-order valence-electron chi connectivity index (χ1n) is 9.73. The van der Waals surface area contributed by atoms with Crippen LogP contribution in [-0.2, 0) is 4.74 Å². The number of hydrogen-bond acceptors (Lipinski definition) is 5. The Labute approximate surface area is 190 Å². The number of rotatable bonds is 6. The van der Waals surface area contributed by atoms with Gasteiger partial charge in [-0.3, -0.25) is 0 Å². The van der Waals surface area contributed by atoms with E-state index in [2.05, 4.69) is 4.74 Å². The number of carbonyl (C=O) groups is 2. The minimum absolute atomic E-state index is 0.471. The maximum atomic E-state index is 14.6. The van der Waals surface area contributed by atoms with Gasteiger partial charge in [-0.25, -0.2) is 18.4 Å². The topological polar surface area (TPSA) is 61.8 Å². The number of ether oxygens (including phenoxy) is 3. The Morgan fingerprint density at radius 2 is 1.47 bits per heavy atom. The van der Waals surface area contributed by atoms with Crippen LogP contribution in [0.15, 0.2) is 60.7 Å². The molecular weight excluding hydrogens is 463 g/mol. The molecular formula is C24H17F5O5. The van der Waals surface area contributed by atoms with E-state index in [-0.39, 0.29) is 0 Å². The van der Waals surface area contributed by atoms with Gasteiger partial charge in [-0.1, -0.05) is 18.2 Å². The number of benzene rings is 3. The van der Waals surface area contributed by atoms with Gasteiger partial charge < -0.3 is 14.2 Å². The van der Waals surface area contributed by atoms with Crippen molar-refractivity contribution in [3.8, 4) is 22.6 Å². The average Bonchev–Trinajstić information content (AvgIpc) is 2.79. The van der Waals surface area contributed by atoms with Gasteiger partial charge in [0.15, 0.2) is 17.7 Å². The molecule has 1 unspecified atom stereocenters. The molecule has 0 saturated heterocycles. The Balaban J connectivity index is 1.73. The fraction of sp³-hybridized carbons (Fsp3) is 0.167. The molecule has 0 N–H and O–H groups in total. The fourth-order valence-corrected chi connectivity index (χ4v) is 2.80. The summed E-state index contributed by atoms with van der Waals surface area (Å²) >= 11 is 0. The molecule has 0 amide bonds. The first-order valence-corrected chi connectivity index (χ1v) is 9.73. The standard InChI is InChI=1S/C24H17F5O5/c1-13(24(27,28)29)33-22(30)16-6-10-21(20(26)12-16)34-23(31)18-9-5-15(11-19(18)25)14-3-7-17(32-2)8-4-14/h3-13H,1-2H3. The first kappa shape index (κ1) is 24.7. The van der Waals surface area contributed by atoms with Gasteiger partial charge in [-0.05, 0) is 60.5 Å². The van der Waals surface area contributed by atoms with Crippen molar-refractivity contribution in [1.82, 2.24) is 0 Å². The highest BCUT2D eigenvalue weighted by Crippen LogP contribution is 2.27. The second-order valence-corrected chi connectivity index (χ2v) is 7.05. The molecule has 3 rings (SSSR count). The van der Waals surface area contributed by atoms with Crippen LogP contribution in [-0.4, -0.2) is 31.3 Å². The summed E-state index contributed by atoms with van der Waals surface area (Å²) in [6.45, 7) is 0.624. The largest absolute Gasteiger partial charge is 0.497 e. The molecule has 0 spiro atoms. The average molecular weight is 480 g/mol. The van der Waals surface area contributed by atoms with E-state index in [4.69, 9.17) is 9.47 Å². The molecule has 0 aliphatic carbocycles. The smallest absolute Gasteiger partial charge is 0.425 e. The Kier molecular flexibility index (Phi) is 7.19. The quantitative estimate of drug-likeness (QED) is 0.247. The van der Waals surface area contributed by atoms with Crippen molar-refractivity contribution in [2.45, 2.75) is 19.2 Å². The molecule has 0 heterocycles. The predicted octanol–water partition coefficient (Wildman–Crippen LogP) is 5.97. The maximum absolute atomic E-state index is 14.6. The summed E-state index contributed by atoms with van der Waals surface area (Å²) in [4.78, 5) is 24.1. The number of esters is 2. The molecule has 178 valence electrons. The van der Waals surface area contributed by atoms with Gasteiger partial charge in [0.05, 0.1) is 18.2 Å². The Bertz CT molecular complexity index is 1210. The van der Waals surface area contributed by atoms with Crippen molar-refractivity contribution in [2.75, 3.05) is 7.11 Å². The molecule has 0 aliphatic heterocycles. The number of methoxy groups -OCH3 is 1. The lowest BCUT2D eigenvalue weighted by atomic mass is 10.0. The van der Waals surface area contributed by atoms with Gasteiger partial charge in [0, 0.05) is 0 Å². The molecule has 34 heavy (non-hydrogen) atoms. The Hall–Kier alpha value is -3.95. The SMILES string of the molecule is COc1ccc(-c2ccc(C(=O)Oc3ccc(C(=O)OC(C)C(F)(F)F)cc3F)c(F)c2)cc1. The second kappa shape index (κ2) is 9.90. The molecule has 0 bridgehead atoms. The summed E-state index contributed by atoms with van der Waals surface area (Å²) in [5.41, 5.74) is 0.134. The molecule has 3 aromatic carbocycles. The minimum Gasteiger partial charge on any atom is -0.497 e. The van der Waals surface area contributed by atoms with Crippen LogP contribution in [0.3, 0.4) is 0 Å². The van der Waals surface area contributed by atoms with Crippen molar-refractivity contribution in [3.05, 3.63) is 83.4 Å². The van der Waals surface area contributed by atoms with Gasteiger partial charge in [0.2, 0.25) is 0 Å². The van der Waals surface area contributed by atoms with E-state index in [1.807, 2.05) is 0 Å². The highest BCUT2D eigenvalue weighted by molar-refractivity contribution is 5.93. The van der Waals surface area contributed by atoms with Crippen molar-refractivity contribution < 1.29 is 45.8 Å². The lowest BCUT2D eigenvalue weighted by Crippen LogP contribution is -2.30. The van der Waals surface area contributed by atoms with E-state index in [0.717, 1.165) is 18.2 Å². The zero-order valence-corrected chi connectivity index (χ0v) is 17.8. The van der Waals surface area contributed by atoms with Crippen LogP contribution >= 0.6 is 0 Å². The molecule has 10 heteroatoms. The van der Waals surface area contributed by atoms with Crippen molar-refractivity contribution in [1.29, 1.82) is 0 Å². The van der Waals surface area contributed by atoms with Gasteiger partial charge in [-0.15, -0.1) is 0 Å². The van der Waals surface area contributed by atoms with Gasteiger partial charge >= 0.3 is 18.1 Å². The second-order valence-electron chi connectivity index (χ2n) is 7.05. The van der Waals surface area contributed by atoms with Gasteiger partial charge in [0.1, 0.15) is 11.6 Å². The molecule has 0 radical (unpaired) electrons. The molecule has 1 atom stereocenters. The summed E-state index contributed by atoms with van der Waals surface area (Å²) in [7, 11) is 1.51. The van der Waals surface area contributed by atoms with Crippen LogP contribution in [0.5, 0.6) is 11.5 Å². The van der Waals surface area contributed by atoms with E-state index in [1.54, 1.807) is 24.3 Å². The molecule has 0 saturated carbocycles. The molecule has 0 aromatic heterocycles. The van der Waals surface area contributed by atoms with Crippen LogP contribution in [0.1, 0.15) is 27.6 Å². The lowest BCUT2D eigenvalue weighted by molar-refractivity contribution is -0.198. The summed E-state index contributed by atoms with van der Waals surface area (Å²) in [5, 5.41) is 0. The van der Waals surface area contributed by atoms with Crippen LogP contribution < -0.4 is 9.47 Å². The number of halogens is 5. The van der Waals surface area contributed by atoms with Crippen molar-refractivity contribution in [3.63, 3.8) is 0 Å². The van der Waals surface area contributed by atoms with E-state index < -0.39 is 52.7 Å². The predicted molar refractivity (Wildman–Crippen MR) is 111 cm³/mol. The van der Waals surface area contributed by atoms with Crippen LogP contribution in [0.4, 0.5) is 22.0 Å². The monoisotopic (exact) mass is 480 g/mol.